The summed E-state index contributed by atoms with van der Waals surface area (Å²) >= 11 is 0. The van der Waals surface area contributed by atoms with Crippen LogP contribution in [0, 0.1) is 0 Å². The predicted molar refractivity (Wildman–Crippen MR) is 76.8 cm³/mol. The fourth-order valence-electron chi connectivity index (χ4n) is 2.60. The van der Waals surface area contributed by atoms with E-state index >= 15 is 0 Å². The molecule has 0 spiro atoms. The molecule has 0 unspecified atom stereocenters. The second-order valence-electron chi connectivity index (χ2n) is 5.00. The van der Waals surface area contributed by atoms with Crippen molar-refractivity contribution in [2.75, 3.05) is 13.2 Å². The first-order valence-corrected chi connectivity index (χ1v) is 6.97. The lowest BCUT2D eigenvalue weighted by molar-refractivity contribution is 0.0686. The van der Waals surface area contributed by atoms with Crippen LogP contribution >= 0.6 is 0 Å². The average molecular weight is 270 g/mol. The zero-order valence-electron chi connectivity index (χ0n) is 11.3. The van der Waals surface area contributed by atoms with Crippen molar-refractivity contribution < 1.29 is 9.53 Å². The van der Waals surface area contributed by atoms with Crippen molar-refractivity contribution in [2.45, 2.75) is 18.9 Å². The number of carbonyl (C=O) groups excluding carboxylic acids is 1. The molecule has 1 fully saturated rings. The number of hydrogen-bond acceptors (Lipinski definition) is 2. The summed E-state index contributed by atoms with van der Waals surface area (Å²) in [6.45, 7) is 1.36. The van der Waals surface area contributed by atoms with Crippen LogP contribution in [0.15, 0.2) is 48.7 Å². The number of amides is 1. The number of aromatic amines is 1. The second kappa shape index (κ2) is 5.82. The summed E-state index contributed by atoms with van der Waals surface area (Å²) in [4.78, 5) is 17.3. The number of benzene rings is 1. The number of H-pyrrole nitrogens is 1. The minimum absolute atomic E-state index is 0.0640. The first kappa shape index (κ1) is 12.8. The Labute approximate surface area is 118 Å². The summed E-state index contributed by atoms with van der Waals surface area (Å²) < 4.78 is 5.78. The topological polar surface area (TPSA) is 45.3 Å². The van der Waals surface area contributed by atoms with Gasteiger partial charge in [-0.2, -0.15) is 0 Å². The highest BCUT2D eigenvalue weighted by Crippen LogP contribution is 2.21. The molecule has 1 N–H and O–H groups in total. The Hall–Kier alpha value is -2.23. The number of carbonyl (C=O) groups is 1. The zero-order chi connectivity index (χ0) is 13.8. The largest absolute Gasteiger partial charge is 0.491 e. The van der Waals surface area contributed by atoms with Gasteiger partial charge in [-0.15, -0.1) is 0 Å². The van der Waals surface area contributed by atoms with E-state index in [1.54, 1.807) is 6.20 Å². The van der Waals surface area contributed by atoms with E-state index in [0.29, 0.717) is 12.3 Å². The van der Waals surface area contributed by atoms with Crippen LogP contribution in [-0.4, -0.2) is 35.0 Å². The molecule has 1 saturated heterocycles. The number of likely N-dealkylation sites (tertiary alicyclic amines) is 1. The van der Waals surface area contributed by atoms with Gasteiger partial charge in [-0.05, 0) is 37.1 Å². The summed E-state index contributed by atoms with van der Waals surface area (Å²) in [7, 11) is 0. The van der Waals surface area contributed by atoms with Crippen molar-refractivity contribution in [1.82, 2.24) is 9.88 Å². The number of rotatable bonds is 4. The predicted octanol–water partition coefficient (Wildman–Crippen LogP) is 2.70. The van der Waals surface area contributed by atoms with Gasteiger partial charge in [0.05, 0.1) is 6.04 Å². The molecule has 1 atom stereocenters. The van der Waals surface area contributed by atoms with Crippen molar-refractivity contribution in [2.24, 2.45) is 0 Å². The molecule has 0 aliphatic carbocycles. The van der Waals surface area contributed by atoms with E-state index in [9.17, 15) is 4.79 Å². The van der Waals surface area contributed by atoms with Gasteiger partial charge < -0.3 is 14.6 Å². The first-order chi connectivity index (χ1) is 9.84. The molecule has 3 rings (SSSR count). The molecule has 1 aliphatic rings. The normalized spacial score (nSPS) is 18.2. The summed E-state index contributed by atoms with van der Waals surface area (Å²) in [5, 5.41) is 0. The third kappa shape index (κ3) is 2.69. The average Bonchev–Trinajstić information content (AvgIpc) is 3.17. The Balaban J connectivity index is 1.63. The number of nitrogens with one attached hydrogen (secondary N) is 1. The third-order valence-electron chi connectivity index (χ3n) is 3.65. The van der Waals surface area contributed by atoms with Gasteiger partial charge in [0.2, 0.25) is 0 Å². The molecular formula is C16H18N2O2. The fraction of sp³-hybridized carbons (Fsp3) is 0.312. The SMILES string of the molecule is O=C(c1ccc[nH]1)N1CCC[C@H]1COc1ccccc1. The highest BCUT2D eigenvalue weighted by atomic mass is 16.5. The summed E-state index contributed by atoms with van der Waals surface area (Å²) in [6.07, 6.45) is 3.81. The highest BCUT2D eigenvalue weighted by molar-refractivity contribution is 5.92. The van der Waals surface area contributed by atoms with E-state index < -0.39 is 0 Å². The summed E-state index contributed by atoms with van der Waals surface area (Å²) in [5.74, 6) is 0.917. The molecule has 0 bridgehead atoms. The maximum Gasteiger partial charge on any atom is 0.270 e. The van der Waals surface area contributed by atoms with Crippen LogP contribution in [0.5, 0.6) is 5.75 Å². The van der Waals surface area contributed by atoms with Crippen LogP contribution in [0.25, 0.3) is 0 Å². The van der Waals surface area contributed by atoms with Crippen LogP contribution in [-0.2, 0) is 0 Å². The van der Waals surface area contributed by atoms with Crippen molar-refractivity contribution in [3.63, 3.8) is 0 Å². The maximum absolute atomic E-state index is 12.4. The van der Waals surface area contributed by atoms with Gasteiger partial charge in [-0.3, -0.25) is 4.79 Å². The van der Waals surface area contributed by atoms with Crippen LogP contribution in [0.4, 0.5) is 0 Å². The summed E-state index contributed by atoms with van der Waals surface area (Å²) in [6, 6.07) is 13.6. The van der Waals surface area contributed by atoms with Gasteiger partial charge in [0.25, 0.3) is 5.91 Å². The van der Waals surface area contributed by atoms with E-state index in [4.69, 9.17) is 4.74 Å². The van der Waals surface area contributed by atoms with E-state index in [2.05, 4.69) is 4.98 Å². The molecule has 0 radical (unpaired) electrons. The molecule has 1 aromatic heterocycles. The van der Waals surface area contributed by atoms with E-state index in [-0.39, 0.29) is 11.9 Å². The Morgan fingerprint density at radius 3 is 2.85 bits per heavy atom. The molecule has 2 heterocycles. The first-order valence-electron chi connectivity index (χ1n) is 6.97. The van der Waals surface area contributed by atoms with E-state index in [0.717, 1.165) is 25.1 Å². The lowest BCUT2D eigenvalue weighted by Gasteiger charge is -2.24. The summed E-state index contributed by atoms with van der Waals surface area (Å²) in [5.41, 5.74) is 0.650. The molecule has 4 nitrogen and oxygen atoms in total. The minimum atomic E-state index is 0.0640. The molecule has 1 amide bonds. The molecule has 4 heteroatoms. The van der Waals surface area contributed by atoms with Crippen molar-refractivity contribution in [3.8, 4) is 5.75 Å². The molecule has 1 aromatic carbocycles. The number of ether oxygens (including phenoxy) is 1. The zero-order valence-corrected chi connectivity index (χ0v) is 11.3. The fourth-order valence-corrected chi connectivity index (χ4v) is 2.60. The van der Waals surface area contributed by atoms with Gasteiger partial charge in [-0.1, -0.05) is 18.2 Å². The molecular weight excluding hydrogens is 252 g/mol. The Morgan fingerprint density at radius 1 is 1.25 bits per heavy atom. The minimum Gasteiger partial charge on any atom is -0.491 e. The Bertz CT molecular complexity index is 551. The standard InChI is InChI=1S/C16H18N2O2/c19-16(15-9-4-10-17-15)18-11-5-6-13(18)12-20-14-7-2-1-3-8-14/h1-4,7-10,13,17H,5-6,11-12H2/t13-/m0/s1. The number of aromatic nitrogens is 1. The number of nitrogens with zero attached hydrogens (tertiary/aromatic N) is 1. The molecule has 2 aromatic rings. The molecule has 104 valence electrons. The van der Waals surface area contributed by atoms with Crippen molar-refractivity contribution in [3.05, 3.63) is 54.4 Å². The molecule has 1 aliphatic heterocycles. The Morgan fingerprint density at radius 2 is 2.10 bits per heavy atom. The van der Waals surface area contributed by atoms with Gasteiger partial charge >= 0.3 is 0 Å². The lowest BCUT2D eigenvalue weighted by atomic mass is 10.2. The highest BCUT2D eigenvalue weighted by Gasteiger charge is 2.30. The number of para-hydroxylation sites is 1. The van der Waals surface area contributed by atoms with Gasteiger partial charge in [0.1, 0.15) is 18.1 Å². The quantitative estimate of drug-likeness (QED) is 0.928. The van der Waals surface area contributed by atoms with Crippen LogP contribution in [0.2, 0.25) is 0 Å². The monoisotopic (exact) mass is 270 g/mol. The molecule has 0 saturated carbocycles. The Kier molecular flexibility index (Phi) is 3.72. The number of hydrogen-bond donors (Lipinski definition) is 1. The third-order valence-corrected chi connectivity index (χ3v) is 3.65. The molecule has 20 heavy (non-hydrogen) atoms. The van der Waals surface area contributed by atoms with Gasteiger partial charge in [-0.25, -0.2) is 0 Å². The van der Waals surface area contributed by atoms with Crippen LogP contribution in [0.1, 0.15) is 23.3 Å². The lowest BCUT2D eigenvalue weighted by Crippen LogP contribution is -2.39. The van der Waals surface area contributed by atoms with Gasteiger partial charge in [0, 0.05) is 12.7 Å². The van der Waals surface area contributed by atoms with Crippen LogP contribution in [0.3, 0.4) is 0 Å². The van der Waals surface area contributed by atoms with Crippen molar-refractivity contribution in [1.29, 1.82) is 0 Å². The van der Waals surface area contributed by atoms with E-state index in [1.165, 1.54) is 0 Å². The smallest absolute Gasteiger partial charge is 0.270 e. The second-order valence-corrected chi connectivity index (χ2v) is 5.00. The maximum atomic E-state index is 12.4. The van der Waals surface area contributed by atoms with Gasteiger partial charge in [0.15, 0.2) is 0 Å². The van der Waals surface area contributed by atoms with Crippen molar-refractivity contribution >= 4 is 5.91 Å². The van der Waals surface area contributed by atoms with E-state index in [1.807, 2.05) is 47.4 Å². The van der Waals surface area contributed by atoms with Crippen LogP contribution < -0.4 is 4.74 Å².